The van der Waals surface area contributed by atoms with Crippen molar-refractivity contribution >= 4 is 12.4 Å². The number of H-pyrrole nitrogens is 1. The van der Waals surface area contributed by atoms with E-state index in [4.69, 9.17) is 5.11 Å². The first-order chi connectivity index (χ1) is 3.43. The molecule has 1 aromatic heterocycles. The van der Waals surface area contributed by atoms with Crippen LogP contribution in [-0.2, 0) is 6.61 Å². The molecule has 8 heavy (non-hydrogen) atoms. The van der Waals surface area contributed by atoms with E-state index in [0.717, 1.165) is 5.56 Å². The summed E-state index contributed by atoms with van der Waals surface area (Å²) >= 11 is 0. The van der Waals surface area contributed by atoms with E-state index in [1.807, 2.05) is 6.07 Å². The monoisotopic (exact) mass is 133 g/mol. The molecule has 2 N–H and O–H groups in total. The van der Waals surface area contributed by atoms with Gasteiger partial charge in [-0.1, -0.05) is 0 Å². The molecule has 0 aliphatic carbocycles. The predicted octanol–water partition coefficient (Wildman–Crippen LogP) is 0.929. The van der Waals surface area contributed by atoms with Gasteiger partial charge in [-0.05, 0) is 11.6 Å². The number of nitrogens with one attached hydrogen (secondary N) is 1. The predicted molar refractivity (Wildman–Crippen MR) is 34.0 cm³/mol. The number of aromatic amines is 1. The van der Waals surface area contributed by atoms with E-state index >= 15 is 0 Å². The van der Waals surface area contributed by atoms with Gasteiger partial charge in [-0.2, -0.15) is 0 Å². The molecule has 46 valence electrons. The molecular weight excluding hydrogens is 126 g/mol. The number of rotatable bonds is 1. The molecule has 1 aromatic rings. The molecule has 0 amide bonds. The summed E-state index contributed by atoms with van der Waals surface area (Å²) in [4.78, 5) is 2.82. The van der Waals surface area contributed by atoms with E-state index in [0.29, 0.717) is 0 Å². The molecule has 0 spiro atoms. The Morgan fingerprint density at radius 2 is 2.38 bits per heavy atom. The molecule has 0 radical (unpaired) electrons. The summed E-state index contributed by atoms with van der Waals surface area (Å²) in [5.74, 6) is 0. The topological polar surface area (TPSA) is 36.0 Å². The first kappa shape index (κ1) is 7.53. The van der Waals surface area contributed by atoms with Crippen LogP contribution in [0.3, 0.4) is 0 Å². The highest BCUT2D eigenvalue weighted by Crippen LogP contribution is 1.92. The minimum Gasteiger partial charge on any atom is -0.392 e. The SMILES string of the molecule is Cl.OCc1cc[nH]c1. The maximum Gasteiger partial charge on any atom is 0.0696 e. The Hall–Kier alpha value is -0.470. The summed E-state index contributed by atoms with van der Waals surface area (Å²) in [6.45, 7) is 0.128. The van der Waals surface area contributed by atoms with Crippen molar-refractivity contribution in [1.82, 2.24) is 4.98 Å². The molecule has 0 saturated carbocycles. The van der Waals surface area contributed by atoms with Gasteiger partial charge in [0.2, 0.25) is 0 Å². The zero-order valence-electron chi connectivity index (χ0n) is 4.29. The highest BCUT2D eigenvalue weighted by Gasteiger charge is 1.82. The summed E-state index contributed by atoms with van der Waals surface area (Å²) in [5.41, 5.74) is 0.931. The van der Waals surface area contributed by atoms with Crippen molar-refractivity contribution in [3.63, 3.8) is 0 Å². The Bertz CT molecular complexity index is 127. The summed E-state index contributed by atoms with van der Waals surface area (Å²) in [6.07, 6.45) is 3.55. The molecule has 0 aromatic carbocycles. The zero-order valence-corrected chi connectivity index (χ0v) is 5.11. The largest absolute Gasteiger partial charge is 0.392 e. The van der Waals surface area contributed by atoms with Crippen molar-refractivity contribution in [1.29, 1.82) is 0 Å². The maximum atomic E-state index is 8.41. The Balaban J connectivity index is 0.000000490. The number of hydrogen-bond acceptors (Lipinski definition) is 1. The Kier molecular flexibility index (Phi) is 3.31. The normalized spacial score (nSPS) is 8.12. The van der Waals surface area contributed by atoms with E-state index in [2.05, 4.69) is 4.98 Å². The molecule has 0 bridgehead atoms. The van der Waals surface area contributed by atoms with Gasteiger partial charge in [0.05, 0.1) is 6.61 Å². The molecule has 0 atom stereocenters. The maximum absolute atomic E-state index is 8.41. The van der Waals surface area contributed by atoms with Gasteiger partial charge in [0, 0.05) is 12.4 Å². The van der Waals surface area contributed by atoms with Gasteiger partial charge in [0.15, 0.2) is 0 Å². The second-order valence-electron chi connectivity index (χ2n) is 1.38. The standard InChI is InChI=1S/C5H7NO.ClH/c7-4-5-1-2-6-3-5;/h1-3,6-7H,4H2;1H. The lowest BCUT2D eigenvalue weighted by Gasteiger charge is -1.78. The molecule has 0 aliphatic rings. The van der Waals surface area contributed by atoms with Crippen LogP contribution in [0.4, 0.5) is 0 Å². The summed E-state index contributed by atoms with van der Waals surface area (Å²) < 4.78 is 0. The number of halogens is 1. The van der Waals surface area contributed by atoms with Gasteiger partial charge in [-0.25, -0.2) is 0 Å². The third-order valence-corrected chi connectivity index (χ3v) is 0.845. The van der Waals surface area contributed by atoms with Gasteiger partial charge in [0.1, 0.15) is 0 Å². The third kappa shape index (κ3) is 1.56. The van der Waals surface area contributed by atoms with Crippen molar-refractivity contribution in [3.8, 4) is 0 Å². The molecular formula is C5H8ClNO. The van der Waals surface area contributed by atoms with Crippen LogP contribution in [0.1, 0.15) is 5.56 Å². The van der Waals surface area contributed by atoms with Gasteiger partial charge < -0.3 is 10.1 Å². The van der Waals surface area contributed by atoms with E-state index in [1.54, 1.807) is 12.4 Å². The molecule has 0 unspecified atom stereocenters. The fourth-order valence-corrected chi connectivity index (χ4v) is 0.457. The fourth-order valence-electron chi connectivity index (χ4n) is 0.457. The average molecular weight is 134 g/mol. The molecule has 1 heterocycles. The number of aromatic nitrogens is 1. The highest BCUT2D eigenvalue weighted by molar-refractivity contribution is 5.85. The van der Waals surface area contributed by atoms with Crippen LogP contribution in [-0.4, -0.2) is 10.1 Å². The van der Waals surface area contributed by atoms with Crippen molar-refractivity contribution in [2.75, 3.05) is 0 Å². The molecule has 0 aliphatic heterocycles. The van der Waals surface area contributed by atoms with Crippen molar-refractivity contribution in [2.24, 2.45) is 0 Å². The van der Waals surface area contributed by atoms with Crippen LogP contribution in [0, 0.1) is 0 Å². The molecule has 0 fully saturated rings. The second-order valence-corrected chi connectivity index (χ2v) is 1.38. The Morgan fingerprint density at radius 1 is 1.62 bits per heavy atom. The third-order valence-electron chi connectivity index (χ3n) is 0.845. The Morgan fingerprint density at radius 3 is 2.62 bits per heavy atom. The lowest BCUT2D eigenvalue weighted by molar-refractivity contribution is 0.282. The van der Waals surface area contributed by atoms with E-state index in [1.165, 1.54) is 0 Å². The first-order valence-corrected chi connectivity index (χ1v) is 2.16. The number of hydrogen-bond donors (Lipinski definition) is 2. The molecule has 2 nitrogen and oxygen atoms in total. The van der Waals surface area contributed by atoms with Gasteiger partial charge in [-0.15, -0.1) is 12.4 Å². The second kappa shape index (κ2) is 3.52. The van der Waals surface area contributed by atoms with Gasteiger partial charge >= 0.3 is 0 Å². The highest BCUT2D eigenvalue weighted by atomic mass is 35.5. The smallest absolute Gasteiger partial charge is 0.0696 e. The quantitative estimate of drug-likeness (QED) is 0.588. The lowest BCUT2D eigenvalue weighted by Crippen LogP contribution is -1.72. The van der Waals surface area contributed by atoms with Crippen molar-refractivity contribution < 1.29 is 5.11 Å². The van der Waals surface area contributed by atoms with Gasteiger partial charge in [-0.3, -0.25) is 0 Å². The van der Waals surface area contributed by atoms with Gasteiger partial charge in [0.25, 0.3) is 0 Å². The molecule has 3 heteroatoms. The molecule has 0 saturated heterocycles. The first-order valence-electron chi connectivity index (χ1n) is 2.16. The minimum absolute atomic E-state index is 0. The van der Waals surface area contributed by atoms with Crippen LogP contribution in [0.5, 0.6) is 0 Å². The van der Waals surface area contributed by atoms with Crippen molar-refractivity contribution in [2.45, 2.75) is 6.61 Å². The number of aliphatic hydroxyl groups is 1. The fraction of sp³-hybridized carbons (Fsp3) is 0.200. The zero-order chi connectivity index (χ0) is 5.11. The Labute approximate surface area is 54.0 Å². The van der Waals surface area contributed by atoms with E-state index in [-0.39, 0.29) is 19.0 Å². The summed E-state index contributed by atoms with van der Waals surface area (Å²) in [5, 5.41) is 8.41. The lowest BCUT2D eigenvalue weighted by atomic mass is 10.4. The average Bonchev–Trinajstić information content (AvgIpc) is 2.14. The number of aliphatic hydroxyl groups excluding tert-OH is 1. The van der Waals surface area contributed by atoms with Crippen LogP contribution in [0.15, 0.2) is 18.5 Å². The van der Waals surface area contributed by atoms with E-state index < -0.39 is 0 Å². The van der Waals surface area contributed by atoms with Crippen LogP contribution in [0.2, 0.25) is 0 Å². The minimum atomic E-state index is 0. The summed E-state index contributed by atoms with van der Waals surface area (Å²) in [6, 6.07) is 1.83. The van der Waals surface area contributed by atoms with Crippen LogP contribution in [0.25, 0.3) is 0 Å². The van der Waals surface area contributed by atoms with Crippen molar-refractivity contribution in [3.05, 3.63) is 24.0 Å². The van der Waals surface area contributed by atoms with E-state index in [9.17, 15) is 0 Å². The van der Waals surface area contributed by atoms with Crippen LogP contribution >= 0.6 is 12.4 Å². The summed E-state index contributed by atoms with van der Waals surface area (Å²) in [7, 11) is 0. The van der Waals surface area contributed by atoms with Crippen LogP contribution < -0.4 is 0 Å². The molecule has 1 rings (SSSR count).